The van der Waals surface area contributed by atoms with Crippen LogP contribution in [0.3, 0.4) is 0 Å². The molecule has 1 unspecified atom stereocenters. The SMILES string of the molecule is C[C@@H](CCc1ccc(C(N)=O)cc1)[N@@]1CC1c1ccccc1. The van der Waals surface area contributed by atoms with Crippen molar-refractivity contribution in [1.29, 1.82) is 0 Å². The fourth-order valence-electron chi connectivity index (χ4n) is 2.99. The van der Waals surface area contributed by atoms with Gasteiger partial charge in [-0.25, -0.2) is 0 Å². The van der Waals surface area contributed by atoms with E-state index in [-0.39, 0.29) is 5.91 Å². The molecule has 3 rings (SSSR count). The average molecular weight is 294 g/mol. The second-order valence-electron chi connectivity index (χ2n) is 6.07. The first kappa shape index (κ1) is 14.8. The Morgan fingerprint density at radius 2 is 1.86 bits per heavy atom. The summed E-state index contributed by atoms with van der Waals surface area (Å²) in [5, 5.41) is 0. The highest BCUT2D eigenvalue weighted by Crippen LogP contribution is 2.37. The summed E-state index contributed by atoms with van der Waals surface area (Å²) in [5.41, 5.74) is 8.51. The van der Waals surface area contributed by atoms with E-state index in [1.807, 2.05) is 24.3 Å². The zero-order valence-corrected chi connectivity index (χ0v) is 12.9. The predicted octanol–water partition coefficient (Wildman–Crippen LogP) is 3.16. The molecule has 0 spiro atoms. The zero-order chi connectivity index (χ0) is 15.5. The van der Waals surface area contributed by atoms with Crippen LogP contribution in [0.1, 0.15) is 40.9 Å². The topological polar surface area (TPSA) is 46.1 Å². The molecule has 3 atom stereocenters. The van der Waals surface area contributed by atoms with Crippen molar-refractivity contribution in [3.8, 4) is 0 Å². The van der Waals surface area contributed by atoms with Gasteiger partial charge in [-0.1, -0.05) is 42.5 Å². The smallest absolute Gasteiger partial charge is 0.248 e. The Kier molecular flexibility index (Phi) is 4.25. The maximum absolute atomic E-state index is 11.1. The number of aryl methyl sites for hydroxylation is 1. The molecule has 0 radical (unpaired) electrons. The zero-order valence-electron chi connectivity index (χ0n) is 12.9. The van der Waals surface area contributed by atoms with Crippen LogP contribution in [0, 0.1) is 0 Å². The highest BCUT2D eigenvalue weighted by molar-refractivity contribution is 5.92. The predicted molar refractivity (Wildman–Crippen MR) is 88.6 cm³/mol. The Bertz CT molecular complexity index is 636. The first-order chi connectivity index (χ1) is 10.6. The number of benzene rings is 2. The number of hydrogen-bond donors (Lipinski definition) is 1. The van der Waals surface area contributed by atoms with Crippen LogP contribution in [0.2, 0.25) is 0 Å². The van der Waals surface area contributed by atoms with Gasteiger partial charge in [-0.2, -0.15) is 0 Å². The van der Waals surface area contributed by atoms with E-state index in [1.165, 1.54) is 11.1 Å². The summed E-state index contributed by atoms with van der Waals surface area (Å²) in [7, 11) is 0. The molecule has 3 nitrogen and oxygen atoms in total. The lowest BCUT2D eigenvalue weighted by molar-refractivity contribution is 0.100. The molecule has 2 N–H and O–H groups in total. The number of primary amides is 1. The Labute approximate surface area is 131 Å². The molecule has 114 valence electrons. The van der Waals surface area contributed by atoms with Crippen LogP contribution in [0.25, 0.3) is 0 Å². The van der Waals surface area contributed by atoms with Crippen molar-refractivity contribution in [2.75, 3.05) is 6.54 Å². The van der Waals surface area contributed by atoms with Gasteiger partial charge in [-0.3, -0.25) is 9.69 Å². The molecule has 0 aliphatic carbocycles. The molecule has 1 aliphatic rings. The largest absolute Gasteiger partial charge is 0.366 e. The molecule has 2 aromatic rings. The van der Waals surface area contributed by atoms with Crippen molar-refractivity contribution in [3.05, 3.63) is 71.3 Å². The van der Waals surface area contributed by atoms with Gasteiger partial charge in [-0.05, 0) is 43.0 Å². The molecule has 1 aliphatic heterocycles. The number of nitrogens with two attached hydrogens (primary N) is 1. The summed E-state index contributed by atoms with van der Waals surface area (Å²) >= 11 is 0. The third-order valence-corrected chi connectivity index (χ3v) is 4.49. The van der Waals surface area contributed by atoms with Gasteiger partial charge in [0.15, 0.2) is 0 Å². The van der Waals surface area contributed by atoms with Gasteiger partial charge in [-0.15, -0.1) is 0 Å². The summed E-state index contributed by atoms with van der Waals surface area (Å²) in [5.74, 6) is -0.366. The minimum absolute atomic E-state index is 0.366. The molecule has 1 fully saturated rings. The molecule has 0 aromatic heterocycles. The summed E-state index contributed by atoms with van der Waals surface area (Å²) in [6.07, 6.45) is 2.15. The second-order valence-corrected chi connectivity index (χ2v) is 6.07. The van der Waals surface area contributed by atoms with Crippen molar-refractivity contribution in [1.82, 2.24) is 4.90 Å². The quantitative estimate of drug-likeness (QED) is 0.832. The third kappa shape index (κ3) is 3.37. The minimum atomic E-state index is -0.366. The van der Waals surface area contributed by atoms with Crippen molar-refractivity contribution in [2.24, 2.45) is 5.73 Å². The maximum atomic E-state index is 11.1. The lowest BCUT2D eigenvalue weighted by Crippen LogP contribution is -2.16. The van der Waals surface area contributed by atoms with Gasteiger partial charge < -0.3 is 5.73 Å². The average Bonchev–Trinajstić information content (AvgIpc) is 3.34. The van der Waals surface area contributed by atoms with E-state index < -0.39 is 0 Å². The number of hydrogen-bond acceptors (Lipinski definition) is 2. The Morgan fingerprint density at radius 1 is 1.18 bits per heavy atom. The van der Waals surface area contributed by atoms with Crippen LogP contribution in [0.15, 0.2) is 54.6 Å². The molecule has 1 saturated heterocycles. The lowest BCUT2D eigenvalue weighted by atomic mass is 10.0. The van der Waals surface area contributed by atoms with E-state index in [9.17, 15) is 4.79 Å². The van der Waals surface area contributed by atoms with Gasteiger partial charge >= 0.3 is 0 Å². The van der Waals surface area contributed by atoms with Crippen molar-refractivity contribution < 1.29 is 4.79 Å². The molecule has 2 aromatic carbocycles. The number of carbonyl (C=O) groups is 1. The highest BCUT2D eigenvalue weighted by Gasteiger charge is 2.38. The molecule has 1 heterocycles. The van der Waals surface area contributed by atoms with Gasteiger partial charge in [0.05, 0.1) is 0 Å². The summed E-state index contributed by atoms with van der Waals surface area (Å²) in [6, 6.07) is 19.5. The monoisotopic (exact) mass is 294 g/mol. The van der Waals surface area contributed by atoms with Gasteiger partial charge in [0.1, 0.15) is 0 Å². The van der Waals surface area contributed by atoms with Crippen LogP contribution in [-0.2, 0) is 6.42 Å². The molecule has 1 amide bonds. The first-order valence-corrected chi connectivity index (χ1v) is 7.84. The van der Waals surface area contributed by atoms with Crippen LogP contribution >= 0.6 is 0 Å². The van der Waals surface area contributed by atoms with Crippen molar-refractivity contribution in [2.45, 2.75) is 31.8 Å². The Hall–Kier alpha value is -2.13. The fraction of sp³-hybridized carbons (Fsp3) is 0.316. The fourth-order valence-corrected chi connectivity index (χ4v) is 2.99. The summed E-state index contributed by atoms with van der Waals surface area (Å²) in [4.78, 5) is 13.6. The second kappa shape index (κ2) is 6.32. The number of rotatable bonds is 6. The third-order valence-electron chi connectivity index (χ3n) is 4.49. The van der Waals surface area contributed by atoms with Crippen LogP contribution in [0.5, 0.6) is 0 Å². The minimum Gasteiger partial charge on any atom is -0.366 e. The van der Waals surface area contributed by atoms with E-state index in [0.717, 1.165) is 19.4 Å². The van der Waals surface area contributed by atoms with Gasteiger partial charge in [0.25, 0.3) is 0 Å². The van der Waals surface area contributed by atoms with E-state index in [0.29, 0.717) is 17.6 Å². The number of amides is 1. The van der Waals surface area contributed by atoms with E-state index in [4.69, 9.17) is 5.73 Å². The van der Waals surface area contributed by atoms with E-state index in [2.05, 4.69) is 42.2 Å². The summed E-state index contributed by atoms with van der Waals surface area (Å²) in [6.45, 7) is 3.45. The number of nitrogens with zero attached hydrogens (tertiary/aromatic N) is 1. The molecule has 22 heavy (non-hydrogen) atoms. The van der Waals surface area contributed by atoms with E-state index in [1.54, 1.807) is 0 Å². The molecule has 3 heteroatoms. The molecular weight excluding hydrogens is 272 g/mol. The number of carbonyl (C=O) groups excluding carboxylic acids is 1. The van der Waals surface area contributed by atoms with Crippen molar-refractivity contribution >= 4 is 5.91 Å². The Morgan fingerprint density at radius 3 is 2.50 bits per heavy atom. The molecule has 0 bridgehead atoms. The van der Waals surface area contributed by atoms with Crippen LogP contribution in [0.4, 0.5) is 0 Å². The first-order valence-electron chi connectivity index (χ1n) is 7.84. The normalized spacial score (nSPS) is 21.3. The lowest BCUT2D eigenvalue weighted by Gasteiger charge is -2.14. The van der Waals surface area contributed by atoms with Crippen LogP contribution in [-0.4, -0.2) is 23.4 Å². The highest BCUT2D eigenvalue weighted by atomic mass is 16.1. The van der Waals surface area contributed by atoms with Gasteiger partial charge in [0, 0.05) is 24.2 Å². The standard InChI is InChI=1S/C19H22N2O/c1-14(21-13-18(21)16-5-3-2-4-6-16)7-8-15-9-11-17(12-10-15)19(20)22/h2-6,9-12,14,18H,7-8,13H2,1H3,(H2,20,22)/t14-,18?,21+/m0/s1. The Balaban J connectivity index is 1.51. The summed E-state index contributed by atoms with van der Waals surface area (Å²) < 4.78 is 0. The maximum Gasteiger partial charge on any atom is 0.248 e. The van der Waals surface area contributed by atoms with E-state index >= 15 is 0 Å². The van der Waals surface area contributed by atoms with Gasteiger partial charge in [0.2, 0.25) is 5.91 Å². The molecule has 0 saturated carbocycles. The molecular formula is C19H22N2O. The van der Waals surface area contributed by atoms with Crippen molar-refractivity contribution in [3.63, 3.8) is 0 Å². The van der Waals surface area contributed by atoms with Crippen LogP contribution < -0.4 is 5.73 Å².